The SMILES string of the molecule is CCCC1(NC)CC1(C)C. The van der Waals surface area contributed by atoms with Crippen molar-refractivity contribution in [1.82, 2.24) is 5.32 Å². The van der Waals surface area contributed by atoms with E-state index in [2.05, 4.69) is 33.1 Å². The highest BCUT2D eigenvalue weighted by molar-refractivity contribution is 5.15. The molecule has 0 aromatic carbocycles. The van der Waals surface area contributed by atoms with Crippen LogP contribution in [0.25, 0.3) is 0 Å². The molecule has 0 saturated heterocycles. The van der Waals surface area contributed by atoms with Crippen LogP contribution in [0.3, 0.4) is 0 Å². The van der Waals surface area contributed by atoms with Crippen LogP contribution in [-0.2, 0) is 0 Å². The zero-order valence-corrected chi connectivity index (χ0v) is 7.62. The Morgan fingerprint density at radius 1 is 1.40 bits per heavy atom. The second kappa shape index (κ2) is 2.23. The van der Waals surface area contributed by atoms with E-state index < -0.39 is 0 Å². The van der Waals surface area contributed by atoms with Gasteiger partial charge in [-0.25, -0.2) is 0 Å². The van der Waals surface area contributed by atoms with Crippen LogP contribution in [0.5, 0.6) is 0 Å². The molecule has 0 aromatic heterocycles. The maximum atomic E-state index is 3.44. The van der Waals surface area contributed by atoms with Gasteiger partial charge in [-0.3, -0.25) is 0 Å². The van der Waals surface area contributed by atoms with Crippen LogP contribution in [-0.4, -0.2) is 12.6 Å². The molecule has 1 unspecified atom stereocenters. The predicted molar refractivity (Wildman–Crippen MR) is 45.1 cm³/mol. The Morgan fingerprint density at radius 3 is 2.00 bits per heavy atom. The zero-order valence-electron chi connectivity index (χ0n) is 7.62. The number of nitrogens with one attached hydrogen (secondary N) is 1. The molecule has 60 valence electrons. The summed E-state index contributed by atoms with van der Waals surface area (Å²) in [6.07, 6.45) is 3.98. The van der Waals surface area contributed by atoms with Crippen LogP contribution in [0.4, 0.5) is 0 Å². The van der Waals surface area contributed by atoms with E-state index in [1.807, 2.05) is 0 Å². The fourth-order valence-corrected chi connectivity index (χ4v) is 2.12. The van der Waals surface area contributed by atoms with E-state index in [0.717, 1.165) is 0 Å². The van der Waals surface area contributed by atoms with E-state index >= 15 is 0 Å². The summed E-state index contributed by atoms with van der Waals surface area (Å²) < 4.78 is 0. The molecule has 1 saturated carbocycles. The summed E-state index contributed by atoms with van der Waals surface area (Å²) in [4.78, 5) is 0. The number of hydrogen-bond acceptors (Lipinski definition) is 1. The first kappa shape index (κ1) is 8.06. The van der Waals surface area contributed by atoms with E-state index in [4.69, 9.17) is 0 Å². The fraction of sp³-hybridized carbons (Fsp3) is 1.00. The maximum Gasteiger partial charge on any atom is 0.0235 e. The van der Waals surface area contributed by atoms with Crippen LogP contribution in [0.15, 0.2) is 0 Å². The molecule has 1 aliphatic carbocycles. The van der Waals surface area contributed by atoms with Gasteiger partial charge < -0.3 is 5.32 Å². The third-order valence-electron chi connectivity index (χ3n) is 3.07. The van der Waals surface area contributed by atoms with Crippen molar-refractivity contribution in [1.29, 1.82) is 0 Å². The summed E-state index contributed by atoms with van der Waals surface area (Å²) in [6, 6.07) is 0. The van der Waals surface area contributed by atoms with Crippen molar-refractivity contribution in [2.45, 2.75) is 45.6 Å². The zero-order chi connectivity index (χ0) is 7.83. The van der Waals surface area contributed by atoms with Gasteiger partial charge in [0.15, 0.2) is 0 Å². The Balaban J connectivity index is 2.50. The van der Waals surface area contributed by atoms with Gasteiger partial charge in [0.1, 0.15) is 0 Å². The van der Waals surface area contributed by atoms with Gasteiger partial charge in [-0.05, 0) is 25.3 Å². The van der Waals surface area contributed by atoms with Crippen molar-refractivity contribution in [2.75, 3.05) is 7.05 Å². The van der Waals surface area contributed by atoms with Crippen molar-refractivity contribution < 1.29 is 0 Å². The summed E-state index contributed by atoms with van der Waals surface area (Å²) in [7, 11) is 2.09. The lowest BCUT2D eigenvalue weighted by Crippen LogP contribution is -2.32. The Kier molecular flexibility index (Phi) is 1.80. The highest BCUT2D eigenvalue weighted by atomic mass is 15.0. The minimum atomic E-state index is 0.488. The minimum absolute atomic E-state index is 0.488. The molecule has 0 radical (unpaired) electrons. The predicted octanol–water partition coefficient (Wildman–Crippen LogP) is 2.17. The average Bonchev–Trinajstić information content (AvgIpc) is 2.37. The molecule has 0 aliphatic heterocycles. The van der Waals surface area contributed by atoms with Gasteiger partial charge in [0, 0.05) is 5.54 Å². The van der Waals surface area contributed by atoms with Crippen molar-refractivity contribution >= 4 is 0 Å². The van der Waals surface area contributed by atoms with Crippen molar-refractivity contribution in [2.24, 2.45) is 5.41 Å². The first-order chi connectivity index (χ1) is 4.58. The third kappa shape index (κ3) is 0.968. The maximum absolute atomic E-state index is 3.44. The smallest absolute Gasteiger partial charge is 0.0235 e. The monoisotopic (exact) mass is 141 g/mol. The molecule has 1 aliphatic rings. The molecule has 10 heavy (non-hydrogen) atoms. The van der Waals surface area contributed by atoms with Gasteiger partial charge in [0.25, 0.3) is 0 Å². The third-order valence-corrected chi connectivity index (χ3v) is 3.07. The van der Waals surface area contributed by atoms with Gasteiger partial charge in [0.2, 0.25) is 0 Å². The number of hydrogen-bond donors (Lipinski definition) is 1. The average molecular weight is 141 g/mol. The van der Waals surface area contributed by atoms with Crippen LogP contribution in [0.2, 0.25) is 0 Å². The molecular formula is C9H19N. The lowest BCUT2D eigenvalue weighted by molar-refractivity contribution is 0.398. The first-order valence-corrected chi connectivity index (χ1v) is 4.27. The van der Waals surface area contributed by atoms with Gasteiger partial charge in [0.05, 0.1) is 0 Å². The summed E-state index contributed by atoms with van der Waals surface area (Å²) in [5.41, 5.74) is 1.04. The fourth-order valence-electron chi connectivity index (χ4n) is 2.12. The molecule has 1 N–H and O–H groups in total. The molecule has 0 spiro atoms. The Labute approximate surface area is 64.2 Å². The molecule has 0 bridgehead atoms. The van der Waals surface area contributed by atoms with Crippen LogP contribution in [0.1, 0.15) is 40.0 Å². The largest absolute Gasteiger partial charge is 0.314 e. The second-order valence-electron chi connectivity index (χ2n) is 4.14. The molecule has 0 amide bonds. The summed E-state index contributed by atoms with van der Waals surface area (Å²) in [5, 5.41) is 3.44. The van der Waals surface area contributed by atoms with Gasteiger partial charge >= 0.3 is 0 Å². The van der Waals surface area contributed by atoms with Crippen LogP contribution < -0.4 is 5.32 Å². The molecule has 1 nitrogen and oxygen atoms in total. The molecule has 0 heterocycles. The van der Waals surface area contributed by atoms with Gasteiger partial charge in [-0.15, -0.1) is 0 Å². The Hall–Kier alpha value is -0.0400. The normalized spacial score (nSPS) is 36.0. The molecule has 1 atom stereocenters. The lowest BCUT2D eigenvalue weighted by atomic mass is 10.0. The summed E-state index contributed by atoms with van der Waals surface area (Å²) in [5.74, 6) is 0. The van der Waals surface area contributed by atoms with E-state index in [-0.39, 0.29) is 0 Å². The quantitative estimate of drug-likeness (QED) is 0.635. The molecule has 1 fully saturated rings. The highest BCUT2D eigenvalue weighted by Gasteiger charge is 2.58. The van der Waals surface area contributed by atoms with E-state index in [9.17, 15) is 0 Å². The standard InChI is InChI=1S/C9H19N/c1-5-6-9(10-4)7-8(9,2)3/h10H,5-7H2,1-4H3. The van der Waals surface area contributed by atoms with E-state index in [1.54, 1.807) is 0 Å². The summed E-state index contributed by atoms with van der Waals surface area (Å²) >= 11 is 0. The van der Waals surface area contributed by atoms with Crippen molar-refractivity contribution in [3.8, 4) is 0 Å². The van der Waals surface area contributed by atoms with Crippen molar-refractivity contribution in [3.63, 3.8) is 0 Å². The summed E-state index contributed by atoms with van der Waals surface area (Å²) in [6.45, 7) is 6.95. The molecule has 1 heteroatoms. The van der Waals surface area contributed by atoms with Gasteiger partial charge in [-0.1, -0.05) is 27.2 Å². The Bertz CT molecular complexity index is 129. The lowest BCUT2D eigenvalue weighted by Gasteiger charge is -2.18. The molecule has 1 rings (SSSR count). The van der Waals surface area contributed by atoms with Gasteiger partial charge in [-0.2, -0.15) is 0 Å². The first-order valence-electron chi connectivity index (χ1n) is 4.27. The topological polar surface area (TPSA) is 12.0 Å². The Morgan fingerprint density at radius 2 is 1.90 bits per heavy atom. The highest BCUT2D eigenvalue weighted by Crippen LogP contribution is 2.57. The number of rotatable bonds is 3. The van der Waals surface area contributed by atoms with Crippen LogP contribution in [0, 0.1) is 5.41 Å². The van der Waals surface area contributed by atoms with E-state index in [0.29, 0.717) is 11.0 Å². The molecule has 0 aromatic rings. The molecular weight excluding hydrogens is 122 g/mol. The van der Waals surface area contributed by atoms with Crippen molar-refractivity contribution in [3.05, 3.63) is 0 Å². The van der Waals surface area contributed by atoms with E-state index in [1.165, 1.54) is 19.3 Å². The van der Waals surface area contributed by atoms with Crippen LogP contribution >= 0.6 is 0 Å². The second-order valence-corrected chi connectivity index (χ2v) is 4.14. The minimum Gasteiger partial charge on any atom is -0.314 e.